The lowest BCUT2D eigenvalue weighted by Crippen LogP contribution is -2.47. The number of aryl methyl sites for hydroxylation is 1. The minimum absolute atomic E-state index is 0.0636. The predicted molar refractivity (Wildman–Crippen MR) is 100 cm³/mol. The van der Waals surface area contributed by atoms with Crippen LogP contribution in [-0.2, 0) is 14.9 Å². The van der Waals surface area contributed by atoms with Gasteiger partial charge in [-0.25, -0.2) is 0 Å². The van der Waals surface area contributed by atoms with E-state index >= 15 is 0 Å². The number of carbonyl (C=O) groups excluding carboxylic acids is 1. The number of benzene rings is 1. The Morgan fingerprint density at radius 2 is 2.04 bits per heavy atom. The van der Waals surface area contributed by atoms with Gasteiger partial charge in [0.15, 0.2) is 0 Å². The van der Waals surface area contributed by atoms with E-state index in [9.17, 15) is 4.79 Å². The summed E-state index contributed by atoms with van der Waals surface area (Å²) in [6.45, 7) is 8.70. The number of ether oxygens (including phenoxy) is 2. The Bertz CT molecular complexity index is 580. The van der Waals surface area contributed by atoms with Crippen LogP contribution in [-0.4, -0.2) is 57.3 Å². The summed E-state index contributed by atoms with van der Waals surface area (Å²) in [5, 5.41) is 3.16. The number of hydrogen-bond donors (Lipinski definition) is 1. The molecule has 1 aliphatic rings. The second-order valence-corrected chi connectivity index (χ2v) is 7.38. The van der Waals surface area contributed by atoms with Crippen molar-refractivity contribution in [2.24, 2.45) is 0 Å². The van der Waals surface area contributed by atoms with Gasteiger partial charge in [0.1, 0.15) is 5.75 Å². The van der Waals surface area contributed by atoms with Gasteiger partial charge in [0.2, 0.25) is 5.91 Å². The van der Waals surface area contributed by atoms with Crippen LogP contribution in [0.1, 0.15) is 37.8 Å². The van der Waals surface area contributed by atoms with Crippen LogP contribution < -0.4 is 10.1 Å². The van der Waals surface area contributed by atoms with Gasteiger partial charge in [0.25, 0.3) is 0 Å². The molecule has 0 aromatic heterocycles. The quantitative estimate of drug-likeness (QED) is 0.823. The third-order valence-electron chi connectivity index (χ3n) is 5.27. The molecule has 1 fully saturated rings. The molecule has 2 rings (SSSR count). The molecule has 1 aromatic rings. The van der Waals surface area contributed by atoms with E-state index in [1.807, 2.05) is 18.0 Å². The zero-order valence-corrected chi connectivity index (χ0v) is 16.2. The summed E-state index contributed by atoms with van der Waals surface area (Å²) in [6, 6.07) is 6.62. The molecular formula is C20H32N2O3. The summed E-state index contributed by atoms with van der Waals surface area (Å²) in [7, 11) is 3.68. The molecule has 1 N–H and O–H groups in total. The lowest BCUT2D eigenvalue weighted by atomic mass is 9.73. The van der Waals surface area contributed by atoms with Gasteiger partial charge < -0.3 is 14.8 Å². The standard InChI is InChI=1S/C20H32N2O3/c1-15(2)22(4)13-19(23)21-14-20(8-10-25-11-9-20)17-12-16(3)6-7-18(17)24-5/h6-7,12,15H,8-11,13-14H2,1-5H3,(H,21,23). The topological polar surface area (TPSA) is 50.8 Å². The van der Waals surface area contributed by atoms with E-state index in [4.69, 9.17) is 9.47 Å². The van der Waals surface area contributed by atoms with Crippen LogP contribution in [0.5, 0.6) is 5.75 Å². The smallest absolute Gasteiger partial charge is 0.234 e. The fourth-order valence-electron chi connectivity index (χ4n) is 3.27. The maximum Gasteiger partial charge on any atom is 0.234 e. The average Bonchev–Trinajstić information content (AvgIpc) is 2.60. The maximum atomic E-state index is 12.4. The Morgan fingerprint density at radius 1 is 1.36 bits per heavy atom. The molecule has 5 nitrogen and oxygen atoms in total. The Hall–Kier alpha value is -1.59. The first-order valence-electron chi connectivity index (χ1n) is 9.08. The zero-order valence-electron chi connectivity index (χ0n) is 16.2. The van der Waals surface area contributed by atoms with Crippen molar-refractivity contribution in [1.82, 2.24) is 10.2 Å². The summed E-state index contributed by atoms with van der Waals surface area (Å²) in [5.41, 5.74) is 2.24. The van der Waals surface area contributed by atoms with Crippen molar-refractivity contribution in [2.45, 2.75) is 45.1 Å². The van der Waals surface area contributed by atoms with Gasteiger partial charge in [0.05, 0.1) is 13.7 Å². The molecule has 5 heteroatoms. The number of methoxy groups -OCH3 is 1. The van der Waals surface area contributed by atoms with Gasteiger partial charge in [-0.15, -0.1) is 0 Å². The molecule has 0 spiro atoms. The predicted octanol–water partition coefficient (Wildman–Crippen LogP) is 2.51. The van der Waals surface area contributed by atoms with E-state index in [-0.39, 0.29) is 11.3 Å². The van der Waals surface area contributed by atoms with Gasteiger partial charge >= 0.3 is 0 Å². The third kappa shape index (κ3) is 4.95. The highest BCUT2D eigenvalue weighted by molar-refractivity contribution is 5.78. The Balaban J connectivity index is 2.18. The zero-order chi connectivity index (χ0) is 18.4. The third-order valence-corrected chi connectivity index (χ3v) is 5.27. The van der Waals surface area contributed by atoms with Gasteiger partial charge in [-0.05, 0) is 46.7 Å². The molecule has 0 aliphatic carbocycles. The van der Waals surface area contributed by atoms with Gasteiger partial charge in [0, 0.05) is 36.8 Å². The Kier molecular flexibility index (Phi) is 6.85. The first-order chi connectivity index (χ1) is 11.9. The van der Waals surface area contributed by atoms with Crippen molar-refractivity contribution in [1.29, 1.82) is 0 Å². The molecule has 1 heterocycles. The molecule has 0 radical (unpaired) electrons. The highest BCUT2D eigenvalue weighted by atomic mass is 16.5. The number of nitrogens with one attached hydrogen (secondary N) is 1. The van der Waals surface area contributed by atoms with Crippen LogP contribution in [0.15, 0.2) is 18.2 Å². The molecule has 0 bridgehead atoms. The molecule has 1 amide bonds. The normalized spacial score (nSPS) is 16.9. The summed E-state index contributed by atoms with van der Waals surface area (Å²) in [5.74, 6) is 0.953. The molecule has 1 aromatic carbocycles. The van der Waals surface area contributed by atoms with Crippen LogP contribution in [0.2, 0.25) is 0 Å². The minimum atomic E-state index is -0.137. The average molecular weight is 348 g/mol. The van der Waals surface area contributed by atoms with E-state index in [1.165, 1.54) is 11.1 Å². The number of carbonyl (C=O) groups is 1. The van der Waals surface area contributed by atoms with Crippen molar-refractivity contribution in [3.63, 3.8) is 0 Å². The summed E-state index contributed by atoms with van der Waals surface area (Å²) in [6.07, 6.45) is 1.76. The summed E-state index contributed by atoms with van der Waals surface area (Å²) in [4.78, 5) is 14.4. The fraction of sp³-hybridized carbons (Fsp3) is 0.650. The van der Waals surface area contributed by atoms with Crippen LogP contribution in [0.4, 0.5) is 0 Å². The maximum absolute atomic E-state index is 12.4. The van der Waals surface area contributed by atoms with E-state index in [1.54, 1.807) is 7.11 Å². The second kappa shape index (κ2) is 8.68. The minimum Gasteiger partial charge on any atom is -0.496 e. The van der Waals surface area contributed by atoms with Crippen molar-refractivity contribution < 1.29 is 14.3 Å². The lowest BCUT2D eigenvalue weighted by Gasteiger charge is -2.39. The van der Waals surface area contributed by atoms with Gasteiger partial charge in [-0.2, -0.15) is 0 Å². The first-order valence-corrected chi connectivity index (χ1v) is 9.08. The monoisotopic (exact) mass is 348 g/mol. The van der Waals surface area contributed by atoms with Gasteiger partial charge in [-0.3, -0.25) is 9.69 Å². The highest BCUT2D eigenvalue weighted by Gasteiger charge is 2.37. The molecular weight excluding hydrogens is 316 g/mol. The molecule has 1 saturated heterocycles. The van der Waals surface area contributed by atoms with E-state index in [2.05, 4.69) is 38.2 Å². The molecule has 0 atom stereocenters. The fourth-order valence-corrected chi connectivity index (χ4v) is 3.27. The van der Waals surface area contributed by atoms with Gasteiger partial charge in [-0.1, -0.05) is 17.7 Å². The first kappa shape index (κ1) is 19.7. The van der Waals surface area contributed by atoms with Crippen LogP contribution in [0, 0.1) is 6.92 Å². The number of likely N-dealkylation sites (N-methyl/N-ethyl adjacent to an activating group) is 1. The molecule has 0 saturated carbocycles. The number of rotatable bonds is 7. The van der Waals surface area contributed by atoms with Crippen LogP contribution in [0.25, 0.3) is 0 Å². The summed E-state index contributed by atoms with van der Waals surface area (Å²) < 4.78 is 11.2. The lowest BCUT2D eigenvalue weighted by molar-refractivity contribution is -0.122. The number of amides is 1. The SMILES string of the molecule is COc1ccc(C)cc1C1(CNC(=O)CN(C)C(C)C)CCOCC1. The number of hydrogen-bond acceptors (Lipinski definition) is 4. The van der Waals surface area contributed by atoms with Crippen LogP contribution in [0.3, 0.4) is 0 Å². The number of nitrogens with zero attached hydrogens (tertiary/aromatic N) is 1. The summed E-state index contributed by atoms with van der Waals surface area (Å²) >= 11 is 0. The highest BCUT2D eigenvalue weighted by Crippen LogP contribution is 2.40. The molecule has 25 heavy (non-hydrogen) atoms. The van der Waals surface area contributed by atoms with Crippen LogP contribution >= 0.6 is 0 Å². The molecule has 140 valence electrons. The molecule has 1 aliphatic heterocycles. The van der Waals surface area contributed by atoms with E-state index < -0.39 is 0 Å². The van der Waals surface area contributed by atoms with Crippen molar-refractivity contribution in [3.8, 4) is 5.75 Å². The van der Waals surface area contributed by atoms with E-state index in [0.717, 1.165) is 18.6 Å². The van der Waals surface area contributed by atoms with Crippen molar-refractivity contribution in [2.75, 3.05) is 40.5 Å². The van der Waals surface area contributed by atoms with E-state index in [0.29, 0.717) is 32.3 Å². The Labute approximate surface area is 151 Å². The largest absolute Gasteiger partial charge is 0.496 e. The van der Waals surface area contributed by atoms with Crippen molar-refractivity contribution in [3.05, 3.63) is 29.3 Å². The molecule has 0 unspecified atom stereocenters. The van der Waals surface area contributed by atoms with Crippen molar-refractivity contribution >= 4 is 5.91 Å². The second-order valence-electron chi connectivity index (χ2n) is 7.38. The Morgan fingerprint density at radius 3 is 2.64 bits per heavy atom.